The highest BCUT2D eigenvalue weighted by Gasteiger charge is 2.41. The lowest BCUT2D eigenvalue weighted by Crippen LogP contribution is -2.45. The fourth-order valence-corrected chi connectivity index (χ4v) is 2.15. The number of halogens is 2. The maximum atomic E-state index is 13.0. The average Bonchev–Trinajstić information content (AvgIpc) is 2.60. The molecule has 0 saturated carbocycles. The van der Waals surface area contributed by atoms with E-state index in [0.717, 1.165) is 11.1 Å². The van der Waals surface area contributed by atoms with Crippen LogP contribution in [0.3, 0.4) is 0 Å². The Morgan fingerprint density at radius 1 is 1.45 bits per heavy atom. The molecule has 0 aliphatic carbocycles. The monoisotopic (exact) mass is 284 g/mol. The summed E-state index contributed by atoms with van der Waals surface area (Å²) in [5.41, 5.74) is -0.0623. The molecule has 4 nitrogen and oxygen atoms in total. The molecule has 1 amide bonds. The van der Waals surface area contributed by atoms with Crippen LogP contribution >= 0.6 is 0 Å². The number of carbonyl (C=O) groups is 1. The summed E-state index contributed by atoms with van der Waals surface area (Å²) >= 11 is 0. The van der Waals surface area contributed by atoms with Gasteiger partial charge in [-0.3, -0.25) is 9.78 Å². The summed E-state index contributed by atoms with van der Waals surface area (Å²) in [5.74, 6) is 0.135. The highest BCUT2D eigenvalue weighted by molar-refractivity contribution is 5.82. The normalized spacial score (nSPS) is 15.6. The Morgan fingerprint density at radius 2 is 2.15 bits per heavy atom. The summed E-state index contributed by atoms with van der Waals surface area (Å²) in [7, 11) is 0. The molecular formula is C14H18F2N2O2. The summed E-state index contributed by atoms with van der Waals surface area (Å²) in [5, 5.41) is 0. The van der Waals surface area contributed by atoms with E-state index in [9.17, 15) is 13.6 Å². The van der Waals surface area contributed by atoms with Crippen molar-refractivity contribution in [1.82, 2.24) is 9.88 Å². The molecule has 0 radical (unpaired) electrons. The second-order valence-electron chi connectivity index (χ2n) is 5.54. The van der Waals surface area contributed by atoms with E-state index in [1.54, 1.807) is 12.4 Å². The van der Waals surface area contributed by atoms with Gasteiger partial charge in [0.1, 0.15) is 17.8 Å². The molecule has 1 aromatic heterocycles. The van der Waals surface area contributed by atoms with Crippen LogP contribution in [0, 0.1) is 12.3 Å². The Kier molecular flexibility index (Phi) is 3.92. The third kappa shape index (κ3) is 2.59. The van der Waals surface area contributed by atoms with Crippen LogP contribution in [0.5, 0.6) is 5.75 Å². The largest absolute Gasteiger partial charge is 0.491 e. The van der Waals surface area contributed by atoms with E-state index >= 15 is 0 Å². The molecular weight excluding hydrogens is 266 g/mol. The molecule has 1 aromatic rings. The van der Waals surface area contributed by atoms with Gasteiger partial charge in [0.2, 0.25) is 5.91 Å². The number of nitrogens with zero attached hydrogens (tertiary/aromatic N) is 2. The van der Waals surface area contributed by atoms with Crippen molar-refractivity contribution in [3.8, 4) is 5.75 Å². The maximum Gasteiger partial charge on any atom is 0.252 e. The van der Waals surface area contributed by atoms with E-state index in [1.165, 1.54) is 18.7 Å². The predicted molar refractivity (Wildman–Crippen MR) is 69.7 cm³/mol. The third-order valence-electron chi connectivity index (χ3n) is 3.50. The number of amides is 1. The van der Waals surface area contributed by atoms with Crippen molar-refractivity contribution in [2.24, 2.45) is 5.41 Å². The van der Waals surface area contributed by atoms with Crippen molar-refractivity contribution in [1.29, 1.82) is 0 Å². The van der Waals surface area contributed by atoms with E-state index in [-0.39, 0.29) is 6.54 Å². The van der Waals surface area contributed by atoms with Crippen LogP contribution in [0.2, 0.25) is 0 Å². The van der Waals surface area contributed by atoms with Gasteiger partial charge in [0.15, 0.2) is 0 Å². The van der Waals surface area contributed by atoms with E-state index in [0.29, 0.717) is 18.9 Å². The molecule has 0 aromatic carbocycles. The van der Waals surface area contributed by atoms with E-state index in [4.69, 9.17) is 4.74 Å². The minimum Gasteiger partial charge on any atom is -0.491 e. The van der Waals surface area contributed by atoms with Gasteiger partial charge in [0.25, 0.3) is 6.43 Å². The number of aryl methyl sites for hydroxylation is 1. The van der Waals surface area contributed by atoms with Crippen LogP contribution in [-0.4, -0.2) is 35.4 Å². The molecule has 0 fully saturated rings. The van der Waals surface area contributed by atoms with E-state index < -0.39 is 17.7 Å². The fourth-order valence-electron chi connectivity index (χ4n) is 2.15. The van der Waals surface area contributed by atoms with Gasteiger partial charge in [-0.1, -0.05) is 0 Å². The number of carbonyl (C=O) groups excluding carboxylic acids is 1. The third-order valence-corrected chi connectivity index (χ3v) is 3.50. The molecule has 0 bridgehead atoms. The molecule has 0 N–H and O–H groups in total. The summed E-state index contributed by atoms with van der Waals surface area (Å²) in [6.45, 7) is 5.24. The Bertz CT molecular complexity index is 518. The maximum absolute atomic E-state index is 13.0. The molecule has 2 rings (SSSR count). The second kappa shape index (κ2) is 5.34. The molecule has 1 aliphatic heterocycles. The summed E-state index contributed by atoms with van der Waals surface area (Å²) in [6, 6.07) is 0. The zero-order chi connectivity index (χ0) is 14.9. The second-order valence-corrected chi connectivity index (χ2v) is 5.54. The van der Waals surface area contributed by atoms with Crippen LogP contribution < -0.4 is 4.74 Å². The van der Waals surface area contributed by atoms with Crippen molar-refractivity contribution in [3.63, 3.8) is 0 Å². The molecule has 110 valence electrons. The molecule has 2 heterocycles. The van der Waals surface area contributed by atoms with Crippen molar-refractivity contribution in [2.45, 2.75) is 33.7 Å². The number of aromatic nitrogens is 1. The first-order valence-corrected chi connectivity index (χ1v) is 6.48. The SMILES string of the molecule is Cc1cncc2c1OCCN(C(=O)C(C)(C)C(F)F)C2. The highest BCUT2D eigenvalue weighted by atomic mass is 19.3. The molecule has 0 spiro atoms. The summed E-state index contributed by atoms with van der Waals surface area (Å²) < 4.78 is 31.6. The number of pyridine rings is 1. The highest BCUT2D eigenvalue weighted by Crippen LogP contribution is 2.31. The Morgan fingerprint density at radius 3 is 2.80 bits per heavy atom. The van der Waals surface area contributed by atoms with Crippen LogP contribution in [-0.2, 0) is 11.3 Å². The minimum absolute atomic E-state index is 0.249. The lowest BCUT2D eigenvalue weighted by atomic mass is 9.92. The van der Waals surface area contributed by atoms with Gasteiger partial charge in [-0.25, -0.2) is 8.78 Å². The van der Waals surface area contributed by atoms with Gasteiger partial charge in [-0.2, -0.15) is 0 Å². The van der Waals surface area contributed by atoms with Gasteiger partial charge in [-0.15, -0.1) is 0 Å². The first-order chi connectivity index (χ1) is 9.34. The first-order valence-electron chi connectivity index (χ1n) is 6.48. The predicted octanol–water partition coefficient (Wildman–Crippen LogP) is 2.40. The summed E-state index contributed by atoms with van der Waals surface area (Å²) in [4.78, 5) is 17.8. The van der Waals surface area contributed by atoms with Gasteiger partial charge in [0, 0.05) is 23.5 Å². The standard InChI is InChI=1S/C14H18F2N2O2/c1-9-6-17-7-10-8-18(4-5-20-11(9)10)13(19)14(2,3)12(15)16/h6-7,12H,4-5,8H2,1-3H3. The van der Waals surface area contributed by atoms with Gasteiger partial charge in [0.05, 0.1) is 13.1 Å². The van der Waals surface area contributed by atoms with Crippen LogP contribution in [0.15, 0.2) is 12.4 Å². The smallest absolute Gasteiger partial charge is 0.252 e. The van der Waals surface area contributed by atoms with Crippen LogP contribution in [0.1, 0.15) is 25.0 Å². The van der Waals surface area contributed by atoms with Gasteiger partial charge >= 0.3 is 0 Å². The van der Waals surface area contributed by atoms with E-state index in [1.807, 2.05) is 6.92 Å². The first kappa shape index (κ1) is 14.7. The topological polar surface area (TPSA) is 42.4 Å². The molecule has 1 aliphatic rings. The molecule has 0 unspecified atom stereocenters. The van der Waals surface area contributed by atoms with Gasteiger partial charge in [-0.05, 0) is 20.8 Å². The Hall–Kier alpha value is -1.72. The van der Waals surface area contributed by atoms with E-state index in [2.05, 4.69) is 4.98 Å². The zero-order valence-electron chi connectivity index (χ0n) is 11.8. The van der Waals surface area contributed by atoms with Gasteiger partial charge < -0.3 is 9.64 Å². The number of hydrogen-bond donors (Lipinski definition) is 0. The van der Waals surface area contributed by atoms with Crippen molar-refractivity contribution in [2.75, 3.05) is 13.2 Å². The minimum atomic E-state index is -2.70. The lowest BCUT2D eigenvalue weighted by Gasteiger charge is -2.30. The fraction of sp³-hybridized carbons (Fsp3) is 0.571. The van der Waals surface area contributed by atoms with Crippen molar-refractivity contribution in [3.05, 3.63) is 23.5 Å². The molecule has 20 heavy (non-hydrogen) atoms. The molecule has 0 saturated heterocycles. The van der Waals surface area contributed by atoms with Crippen LogP contribution in [0.4, 0.5) is 8.78 Å². The Labute approximate surface area is 116 Å². The Balaban J connectivity index is 2.26. The average molecular weight is 284 g/mol. The summed E-state index contributed by atoms with van der Waals surface area (Å²) in [6.07, 6.45) is 0.595. The molecule has 0 atom stereocenters. The molecule has 6 heteroatoms. The lowest BCUT2D eigenvalue weighted by molar-refractivity contribution is -0.149. The van der Waals surface area contributed by atoms with Crippen molar-refractivity contribution < 1.29 is 18.3 Å². The number of rotatable bonds is 2. The quantitative estimate of drug-likeness (QED) is 0.837. The number of fused-ring (bicyclic) bond motifs is 1. The number of alkyl halides is 2. The number of hydrogen-bond acceptors (Lipinski definition) is 3. The van der Waals surface area contributed by atoms with Crippen LogP contribution in [0.25, 0.3) is 0 Å². The zero-order valence-corrected chi connectivity index (χ0v) is 11.8. The van der Waals surface area contributed by atoms with Crippen molar-refractivity contribution >= 4 is 5.91 Å². The number of ether oxygens (including phenoxy) is 1.